The molecule has 0 unspecified atom stereocenters. The number of hydrogen-bond acceptors (Lipinski definition) is 5. The average molecular weight is 430 g/mol. The van der Waals surface area contributed by atoms with E-state index >= 15 is 0 Å². The van der Waals surface area contributed by atoms with Crippen molar-refractivity contribution in [2.45, 2.75) is 13.8 Å². The molecule has 3 aromatic carbocycles. The zero-order valence-electron chi connectivity index (χ0n) is 17.8. The Morgan fingerprint density at radius 3 is 1.94 bits per heavy atom. The first kappa shape index (κ1) is 21.2. The second-order valence-corrected chi connectivity index (χ2v) is 7.34. The van der Waals surface area contributed by atoms with E-state index < -0.39 is 17.8 Å². The predicted octanol–water partition coefficient (Wildman–Crippen LogP) is 3.67. The summed E-state index contributed by atoms with van der Waals surface area (Å²) in [6.45, 7) is 4.44. The van der Waals surface area contributed by atoms with E-state index in [2.05, 4.69) is 0 Å². The van der Waals surface area contributed by atoms with Crippen LogP contribution in [0.2, 0.25) is 0 Å². The van der Waals surface area contributed by atoms with Crippen molar-refractivity contribution in [2.75, 3.05) is 24.6 Å². The molecular formula is C25H22N2O5. The number of amides is 3. The maximum Gasteiger partial charge on any atom is 0.338 e. The Labute approximate surface area is 185 Å². The summed E-state index contributed by atoms with van der Waals surface area (Å²) in [7, 11) is 0. The Kier molecular flexibility index (Phi) is 5.73. The number of hydrogen-bond donors (Lipinski definition) is 0. The van der Waals surface area contributed by atoms with Gasteiger partial charge in [-0.05, 0) is 55.6 Å². The number of rotatable bonds is 6. The van der Waals surface area contributed by atoms with Crippen molar-refractivity contribution in [3.8, 4) is 0 Å². The first-order chi connectivity index (χ1) is 15.5. The Morgan fingerprint density at radius 2 is 1.41 bits per heavy atom. The maximum atomic E-state index is 13.1. The zero-order valence-corrected chi connectivity index (χ0v) is 17.8. The van der Waals surface area contributed by atoms with E-state index in [0.717, 1.165) is 10.3 Å². The van der Waals surface area contributed by atoms with Crippen molar-refractivity contribution >= 4 is 40.2 Å². The van der Waals surface area contributed by atoms with Gasteiger partial charge in [-0.3, -0.25) is 14.4 Å². The Balaban J connectivity index is 1.54. The van der Waals surface area contributed by atoms with Crippen LogP contribution in [0.25, 0.3) is 10.8 Å². The molecule has 0 bridgehead atoms. The molecule has 3 aromatic rings. The molecule has 1 aliphatic heterocycles. The monoisotopic (exact) mass is 430 g/mol. The van der Waals surface area contributed by atoms with Crippen LogP contribution in [0.5, 0.6) is 0 Å². The van der Waals surface area contributed by atoms with Gasteiger partial charge in [-0.1, -0.05) is 24.3 Å². The Bertz CT molecular complexity index is 1180. The van der Waals surface area contributed by atoms with Crippen molar-refractivity contribution in [1.29, 1.82) is 0 Å². The number of esters is 1. The minimum absolute atomic E-state index is 0.223. The van der Waals surface area contributed by atoms with Crippen molar-refractivity contribution in [1.82, 2.24) is 4.90 Å². The molecule has 3 amide bonds. The third-order valence-corrected chi connectivity index (χ3v) is 5.58. The molecule has 162 valence electrons. The van der Waals surface area contributed by atoms with Crippen LogP contribution >= 0.6 is 0 Å². The van der Waals surface area contributed by atoms with E-state index in [4.69, 9.17) is 4.74 Å². The third kappa shape index (κ3) is 3.62. The van der Waals surface area contributed by atoms with Gasteiger partial charge in [-0.15, -0.1) is 0 Å². The fourth-order valence-electron chi connectivity index (χ4n) is 3.89. The molecule has 7 nitrogen and oxygen atoms in total. The van der Waals surface area contributed by atoms with Crippen LogP contribution in [0.4, 0.5) is 5.69 Å². The number of carbonyl (C=O) groups excluding carboxylic acids is 4. The lowest BCUT2D eigenvalue weighted by Gasteiger charge is -2.27. The first-order valence-electron chi connectivity index (χ1n) is 10.4. The van der Waals surface area contributed by atoms with E-state index in [1.807, 2.05) is 26.0 Å². The van der Waals surface area contributed by atoms with E-state index in [0.29, 0.717) is 35.3 Å². The first-order valence-corrected chi connectivity index (χ1v) is 10.4. The highest BCUT2D eigenvalue weighted by molar-refractivity contribution is 6.35. The van der Waals surface area contributed by atoms with Gasteiger partial charge in [-0.25, -0.2) is 9.69 Å². The smallest absolute Gasteiger partial charge is 0.338 e. The normalized spacial score (nSPS) is 12.8. The third-order valence-electron chi connectivity index (χ3n) is 5.58. The van der Waals surface area contributed by atoms with Gasteiger partial charge < -0.3 is 9.64 Å². The molecule has 7 heteroatoms. The lowest BCUT2D eigenvalue weighted by atomic mass is 9.94. The van der Waals surface area contributed by atoms with Crippen molar-refractivity contribution in [3.63, 3.8) is 0 Å². The van der Waals surface area contributed by atoms with Gasteiger partial charge in [0, 0.05) is 29.6 Å². The SMILES string of the molecule is CCN(CC)C(=O)COC(=O)c1ccc(N2C(=O)c3cccc4cccc(c34)C2=O)cc1. The number of imide groups is 1. The van der Waals surface area contributed by atoms with E-state index in [9.17, 15) is 19.2 Å². The van der Waals surface area contributed by atoms with Crippen LogP contribution in [0.15, 0.2) is 60.7 Å². The molecule has 32 heavy (non-hydrogen) atoms. The quantitative estimate of drug-likeness (QED) is 0.440. The number of likely N-dealkylation sites (N-methyl/N-ethyl adjacent to an activating group) is 1. The molecule has 1 heterocycles. The maximum absolute atomic E-state index is 13.1. The standard InChI is InChI=1S/C25H22N2O5/c1-3-26(4-2)21(28)15-32-25(31)17-11-13-18(14-12-17)27-23(29)19-9-5-7-16-8-6-10-20(22(16)19)24(27)30/h5-14H,3-4,15H2,1-2H3. The summed E-state index contributed by atoms with van der Waals surface area (Å²) >= 11 is 0. The number of nitrogens with zero attached hydrogens (tertiary/aromatic N) is 2. The fraction of sp³-hybridized carbons (Fsp3) is 0.200. The highest BCUT2D eigenvalue weighted by Gasteiger charge is 2.33. The summed E-state index contributed by atoms with van der Waals surface area (Å²) in [5.74, 6) is -1.75. The minimum Gasteiger partial charge on any atom is -0.452 e. The van der Waals surface area contributed by atoms with Crippen LogP contribution < -0.4 is 4.90 Å². The van der Waals surface area contributed by atoms with Gasteiger partial charge in [0.2, 0.25) is 0 Å². The summed E-state index contributed by atoms with van der Waals surface area (Å²) < 4.78 is 5.11. The number of benzene rings is 3. The predicted molar refractivity (Wildman–Crippen MR) is 120 cm³/mol. The second kappa shape index (κ2) is 8.63. The van der Waals surface area contributed by atoms with Gasteiger partial charge in [0.15, 0.2) is 6.61 Å². The van der Waals surface area contributed by atoms with Gasteiger partial charge in [0.25, 0.3) is 17.7 Å². The Morgan fingerprint density at radius 1 is 0.844 bits per heavy atom. The largest absolute Gasteiger partial charge is 0.452 e. The van der Waals surface area contributed by atoms with Gasteiger partial charge in [0.1, 0.15) is 0 Å². The summed E-state index contributed by atoms with van der Waals surface area (Å²) in [6, 6.07) is 16.7. The second-order valence-electron chi connectivity index (χ2n) is 7.34. The summed E-state index contributed by atoms with van der Waals surface area (Å²) in [5.41, 5.74) is 1.48. The molecule has 0 atom stereocenters. The summed E-state index contributed by atoms with van der Waals surface area (Å²) in [4.78, 5) is 53.2. The molecule has 0 radical (unpaired) electrons. The average Bonchev–Trinajstić information content (AvgIpc) is 2.82. The number of anilines is 1. The van der Waals surface area contributed by atoms with Crippen LogP contribution in [-0.2, 0) is 9.53 Å². The topological polar surface area (TPSA) is 84.0 Å². The molecular weight excluding hydrogens is 408 g/mol. The molecule has 0 spiro atoms. The van der Waals surface area contributed by atoms with Crippen molar-refractivity contribution in [3.05, 3.63) is 77.4 Å². The summed E-state index contributed by atoms with van der Waals surface area (Å²) in [5, 5.41) is 1.48. The molecule has 0 aliphatic carbocycles. The van der Waals surface area contributed by atoms with E-state index in [1.54, 1.807) is 29.2 Å². The van der Waals surface area contributed by atoms with Gasteiger partial charge in [0.05, 0.1) is 11.3 Å². The molecule has 4 rings (SSSR count). The molecule has 0 N–H and O–H groups in total. The number of ether oxygens (including phenoxy) is 1. The van der Waals surface area contributed by atoms with Crippen molar-refractivity contribution in [2.24, 2.45) is 0 Å². The van der Waals surface area contributed by atoms with Gasteiger partial charge >= 0.3 is 5.97 Å². The lowest BCUT2D eigenvalue weighted by molar-refractivity contribution is -0.134. The van der Waals surface area contributed by atoms with E-state index in [-0.39, 0.29) is 18.1 Å². The molecule has 0 aromatic heterocycles. The minimum atomic E-state index is -0.650. The fourth-order valence-corrected chi connectivity index (χ4v) is 3.89. The molecule has 0 fully saturated rings. The van der Waals surface area contributed by atoms with Crippen LogP contribution in [0, 0.1) is 0 Å². The number of carbonyl (C=O) groups is 4. The van der Waals surface area contributed by atoms with Crippen LogP contribution in [0.3, 0.4) is 0 Å². The van der Waals surface area contributed by atoms with Crippen LogP contribution in [-0.4, -0.2) is 48.3 Å². The van der Waals surface area contributed by atoms with E-state index in [1.165, 1.54) is 24.3 Å². The van der Waals surface area contributed by atoms with Crippen LogP contribution in [0.1, 0.15) is 44.9 Å². The zero-order chi connectivity index (χ0) is 22.8. The molecule has 0 saturated carbocycles. The summed E-state index contributed by atoms with van der Waals surface area (Å²) in [6.07, 6.45) is 0. The van der Waals surface area contributed by atoms with Gasteiger partial charge in [-0.2, -0.15) is 0 Å². The Hall–Kier alpha value is -4.00. The van der Waals surface area contributed by atoms with Crippen molar-refractivity contribution < 1.29 is 23.9 Å². The highest BCUT2D eigenvalue weighted by atomic mass is 16.5. The molecule has 1 aliphatic rings. The lowest BCUT2D eigenvalue weighted by Crippen LogP contribution is -2.40. The molecule has 0 saturated heterocycles. The highest BCUT2D eigenvalue weighted by Crippen LogP contribution is 2.32.